The summed E-state index contributed by atoms with van der Waals surface area (Å²) in [6, 6.07) is 0. The first-order valence-corrected chi connectivity index (χ1v) is 9.32. The molecule has 0 aliphatic heterocycles. The molecular formula is C20H30O3. The topological polar surface area (TPSA) is 57.5 Å². The number of aliphatic carboxylic acids is 1. The summed E-state index contributed by atoms with van der Waals surface area (Å²) in [4.78, 5) is 12.1. The third-order valence-electron chi connectivity index (χ3n) is 8.79. The number of aliphatic hydroxyl groups is 1. The molecule has 2 N–H and O–H groups in total. The van der Waals surface area contributed by atoms with Gasteiger partial charge in [-0.05, 0) is 70.1 Å². The Morgan fingerprint density at radius 3 is 2.61 bits per heavy atom. The Labute approximate surface area is 139 Å². The van der Waals surface area contributed by atoms with Gasteiger partial charge in [0.2, 0.25) is 0 Å². The highest BCUT2D eigenvalue weighted by Crippen LogP contribution is 2.73. The zero-order valence-electron chi connectivity index (χ0n) is 14.5. The van der Waals surface area contributed by atoms with Gasteiger partial charge in [-0.25, -0.2) is 0 Å². The minimum absolute atomic E-state index is 0.0327. The first-order valence-electron chi connectivity index (χ1n) is 9.32. The van der Waals surface area contributed by atoms with Gasteiger partial charge in [0.15, 0.2) is 0 Å². The van der Waals surface area contributed by atoms with Crippen LogP contribution in [0.5, 0.6) is 0 Å². The standard InChI is InChI=1S/C20H30O3/c1-13-11-19-9-6-15-17(2,16(21)22)7-4-8-18(15,3)20(19,23)10-5-14(13)12-19/h14-15,23H,1,4-12H2,2-3H3,(H,21,22)/t14-,15+,17-,18-,19-,20-/m1/s1. The van der Waals surface area contributed by atoms with Crippen molar-refractivity contribution in [1.29, 1.82) is 0 Å². The quantitative estimate of drug-likeness (QED) is 0.714. The number of rotatable bonds is 1. The number of hydrogen-bond acceptors (Lipinski definition) is 2. The van der Waals surface area contributed by atoms with E-state index in [9.17, 15) is 15.0 Å². The van der Waals surface area contributed by atoms with E-state index in [1.807, 2.05) is 6.92 Å². The fourth-order valence-electron chi connectivity index (χ4n) is 7.51. The van der Waals surface area contributed by atoms with Crippen molar-refractivity contribution in [2.24, 2.45) is 28.1 Å². The maximum atomic E-state index is 12.1. The molecular weight excluding hydrogens is 288 g/mol. The highest BCUT2D eigenvalue weighted by Gasteiger charge is 2.72. The highest BCUT2D eigenvalue weighted by atomic mass is 16.4. The van der Waals surface area contributed by atoms with E-state index in [-0.39, 0.29) is 16.7 Å². The Morgan fingerprint density at radius 2 is 1.91 bits per heavy atom. The van der Waals surface area contributed by atoms with Crippen molar-refractivity contribution in [3.05, 3.63) is 12.2 Å². The van der Waals surface area contributed by atoms with E-state index in [4.69, 9.17) is 0 Å². The first kappa shape index (κ1) is 15.7. The number of allylic oxidation sites excluding steroid dienone is 1. The summed E-state index contributed by atoms with van der Waals surface area (Å²) in [6.45, 7) is 8.43. The normalized spacial score (nSPS) is 55.2. The van der Waals surface area contributed by atoms with Crippen molar-refractivity contribution in [3.63, 3.8) is 0 Å². The number of carboxylic acid groups (broad SMARTS) is 1. The second kappa shape index (κ2) is 4.41. The van der Waals surface area contributed by atoms with E-state index in [1.54, 1.807) is 0 Å². The summed E-state index contributed by atoms with van der Waals surface area (Å²) < 4.78 is 0. The van der Waals surface area contributed by atoms with Crippen LogP contribution in [0.15, 0.2) is 12.2 Å². The summed E-state index contributed by atoms with van der Waals surface area (Å²) in [6.07, 6.45) is 8.45. The third-order valence-corrected chi connectivity index (χ3v) is 8.79. The van der Waals surface area contributed by atoms with Gasteiger partial charge in [0, 0.05) is 10.8 Å². The summed E-state index contributed by atoms with van der Waals surface area (Å²) in [5, 5.41) is 21.9. The van der Waals surface area contributed by atoms with E-state index >= 15 is 0 Å². The summed E-state index contributed by atoms with van der Waals surface area (Å²) in [5.41, 5.74) is -0.367. The fraction of sp³-hybridized carbons (Fsp3) is 0.850. The molecule has 0 saturated heterocycles. The van der Waals surface area contributed by atoms with Crippen LogP contribution in [0, 0.1) is 28.1 Å². The lowest BCUT2D eigenvalue weighted by Gasteiger charge is -2.67. The molecule has 0 aromatic heterocycles. The lowest BCUT2D eigenvalue weighted by atomic mass is 9.39. The van der Waals surface area contributed by atoms with Crippen molar-refractivity contribution >= 4 is 5.97 Å². The van der Waals surface area contributed by atoms with E-state index in [2.05, 4.69) is 13.5 Å². The van der Waals surface area contributed by atoms with Gasteiger partial charge in [0.05, 0.1) is 11.0 Å². The summed E-state index contributed by atoms with van der Waals surface area (Å²) in [7, 11) is 0. The van der Waals surface area contributed by atoms with Crippen LogP contribution in [0.1, 0.15) is 71.6 Å². The SMILES string of the molecule is C=C1C[C@@]23CC[C@H]4[C@](C)(C(=O)O)CCC[C@@]4(C)[C@]2(O)CC[C@@H]1C3. The molecule has 0 radical (unpaired) electrons. The van der Waals surface area contributed by atoms with Crippen molar-refractivity contribution < 1.29 is 15.0 Å². The molecule has 2 bridgehead atoms. The zero-order chi connectivity index (χ0) is 16.7. The molecule has 4 fully saturated rings. The molecule has 128 valence electrons. The van der Waals surface area contributed by atoms with Gasteiger partial charge in [0.1, 0.15) is 0 Å². The maximum absolute atomic E-state index is 12.1. The number of fused-ring (bicyclic) bond motifs is 3. The molecule has 0 aromatic rings. The van der Waals surface area contributed by atoms with Crippen LogP contribution in [0.4, 0.5) is 0 Å². The van der Waals surface area contributed by atoms with Crippen molar-refractivity contribution in [2.75, 3.05) is 0 Å². The fourth-order valence-corrected chi connectivity index (χ4v) is 7.51. The molecule has 0 heterocycles. The molecule has 4 aliphatic rings. The Balaban J connectivity index is 1.82. The molecule has 0 unspecified atom stereocenters. The Morgan fingerprint density at radius 1 is 1.17 bits per heavy atom. The van der Waals surface area contributed by atoms with Gasteiger partial charge in [-0.3, -0.25) is 4.79 Å². The molecule has 4 rings (SSSR count). The van der Waals surface area contributed by atoms with Gasteiger partial charge in [-0.1, -0.05) is 25.5 Å². The highest BCUT2D eigenvalue weighted by molar-refractivity contribution is 5.75. The van der Waals surface area contributed by atoms with Crippen LogP contribution in [-0.2, 0) is 4.79 Å². The van der Waals surface area contributed by atoms with Gasteiger partial charge < -0.3 is 10.2 Å². The van der Waals surface area contributed by atoms with Crippen LogP contribution in [-0.4, -0.2) is 21.8 Å². The third kappa shape index (κ3) is 1.63. The second-order valence-corrected chi connectivity index (χ2v) is 9.50. The molecule has 0 amide bonds. The average molecular weight is 318 g/mol. The van der Waals surface area contributed by atoms with Crippen molar-refractivity contribution in [2.45, 2.75) is 77.2 Å². The van der Waals surface area contributed by atoms with Crippen LogP contribution in [0.2, 0.25) is 0 Å². The Kier molecular flexibility index (Phi) is 3.01. The first-order chi connectivity index (χ1) is 10.7. The monoisotopic (exact) mass is 318 g/mol. The van der Waals surface area contributed by atoms with Gasteiger partial charge in [-0.2, -0.15) is 0 Å². The molecule has 3 heteroatoms. The predicted molar refractivity (Wildman–Crippen MR) is 88.9 cm³/mol. The predicted octanol–water partition coefficient (Wildman–Crippen LogP) is 4.16. The van der Waals surface area contributed by atoms with Crippen LogP contribution < -0.4 is 0 Å². The largest absolute Gasteiger partial charge is 0.481 e. The van der Waals surface area contributed by atoms with E-state index in [1.165, 1.54) is 5.57 Å². The van der Waals surface area contributed by atoms with Crippen molar-refractivity contribution in [1.82, 2.24) is 0 Å². The lowest BCUT2D eigenvalue weighted by molar-refractivity contribution is -0.262. The Bertz CT molecular complexity index is 583. The second-order valence-electron chi connectivity index (χ2n) is 9.50. The van der Waals surface area contributed by atoms with E-state index in [0.717, 1.165) is 57.8 Å². The summed E-state index contributed by atoms with van der Waals surface area (Å²) in [5.74, 6) is 0.00431. The minimum atomic E-state index is -0.712. The Hall–Kier alpha value is -0.830. The maximum Gasteiger partial charge on any atom is 0.309 e. The molecule has 23 heavy (non-hydrogen) atoms. The number of carboxylic acids is 1. The smallest absolute Gasteiger partial charge is 0.309 e. The molecule has 3 nitrogen and oxygen atoms in total. The van der Waals surface area contributed by atoms with E-state index < -0.39 is 17.0 Å². The molecule has 6 atom stereocenters. The number of hydrogen-bond donors (Lipinski definition) is 2. The molecule has 0 aromatic carbocycles. The molecule has 4 saturated carbocycles. The van der Waals surface area contributed by atoms with Gasteiger partial charge in [-0.15, -0.1) is 0 Å². The number of carbonyl (C=O) groups is 1. The van der Waals surface area contributed by atoms with Crippen LogP contribution in [0.3, 0.4) is 0 Å². The molecule has 1 spiro atoms. The van der Waals surface area contributed by atoms with Gasteiger partial charge in [0.25, 0.3) is 0 Å². The van der Waals surface area contributed by atoms with Gasteiger partial charge >= 0.3 is 5.97 Å². The van der Waals surface area contributed by atoms with Crippen LogP contribution >= 0.6 is 0 Å². The average Bonchev–Trinajstić information content (AvgIpc) is 2.75. The molecule has 4 aliphatic carbocycles. The van der Waals surface area contributed by atoms with E-state index in [0.29, 0.717) is 5.92 Å². The summed E-state index contributed by atoms with van der Waals surface area (Å²) >= 11 is 0. The zero-order valence-corrected chi connectivity index (χ0v) is 14.5. The van der Waals surface area contributed by atoms with Crippen molar-refractivity contribution in [3.8, 4) is 0 Å². The van der Waals surface area contributed by atoms with Crippen LogP contribution in [0.25, 0.3) is 0 Å². The lowest BCUT2D eigenvalue weighted by Crippen LogP contribution is -2.68. The minimum Gasteiger partial charge on any atom is -0.481 e.